The van der Waals surface area contributed by atoms with E-state index in [-0.39, 0.29) is 0 Å². The van der Waals surface area contributed by atoms with Gasteiger partial charge in [-0.15, -0.1) is 0 Å². The number of nitrogens with zero attached hydrogens (tertiary/aromatic N) is 2. The van der Waals surface area contributed by atoms with E-state index in [9.17, 15) is 0 Å². The number of hydrogen-bond donors (Lipinski definition) is 1. The van der Waals surface area contributed by atoms with Crippen LogP contribution in [0.2, 0.25) is 19.6 Å². The van der Waals surface area contributed by atoms with Gasteiger partial charge in [-0.05, 0) is 18.2 Å². The van der Waals surface area contributed by atoms with Crippen molar-refractivity contribution in [2.75, 3.05) is 5.73 Å². The number of nitriles is 1. The van der Waals surface area contributed by atoms with Gasteiger partial charge in [0.1, 0.15) is 11.9 Å². The summed E-state index contributed by atoms with van der Waals surface area (Å²) in [5.74, 6) is 0.366. The zero-order valence-electron chi connectivity index (χ0n) is 9.05. The van der Waals surface area contributed by atoms with E-state index in [1.807, 2.05) is 13.0 Å². The van der Waals surface area contributed by atoms with Crippen LogP contribution >= 0.6 is 0 Å². The molecule has 1 rings (SSSR count). The van der Waals surface area contributed by atoms with Crippen LogP contribution in [0, 0.1) is 18.3 Å². The second-order valence-corrected chi connectivity index (χ2v) is 9.47. The Labute approximate surface area is 85.6 Å². The van der Waals surface area contributed by atoms with Gasteiger partial charge in [-0.3, -0.25) is 0 Å². The number of pyridine rings is 1. The minimum absolute atomic E-state index is 0.366. The zero-order valence-corrected chi connectivity index (χ0v) is 10.0. The van der Waals surface area contributed by atoms with Gasteiger partial charge in [0, 0.05) is 5.69 Å². The maximum Gasteiger partial charge on any atom is 0.141 e. The number of nitrogen functional groups attached to an aromatic ring is 1. The zero-order chi connectivity index (χ0) is 10.9. The molecular formula is C10H15N3Si. The number of aromatic nitrogens is 1. The highest BCUT2D eigenvalue weighted by Crippen LogP contribution is 2.12. The maximum atomic E-state index is 9.01. The van der Waals surface area contributed by atoms with E-state index in [1.54, 1.807) is 0 Å². The van der Waals surface area contributed by atoms with Crippen molar-refractivity contribution in [3.8, 4) is 6.07 Å². The van der Waals surface area contributed by atoms with Crippen molar-refractivity contribution >= 4 is 19.1 Å². The lowest BCUT2D eigenvalue weighted by molar-refractivity contribution is 1.21. The summed E-state index contributed by atoms with van der Waals surface area (Å²) < 4.78 is 0. The largest absolute Gasteiger partial charge is 0.383 e. The quantitative estimate of drug-likeness (QED) is 0.705. The van der Waals surface area contributed by atoms with Gasteiger partial charge in [0.15, 0.2) is 0 Å². The fourth-order valence-electron chi connectivity index (χ4n) is 1.41. The van der Waals surface area contributed by atoms with Crippen molar-refractivity contribution in [1.29, 1.82) is 5.26 Å². The molecule has 1 aromatic rings. The lowest BCUT2D eigenvalue weighted by Gasteiger charge is -2.19. The van der Waals surface area contributed by atoms with E-state index in [0.29, 0.717) is 11.4 Å². The van der Waals surface area contributed by atoms with Crippen molar-refractivity contribution in [3.05, 3.63) is 17.3 Å². The fourth-order valence-corrected chi connectivity index (χ4v) is 2.98. The molecule has 0 aliphatic rings. The van der Waals surface area contributed by atoms with Crippen LogP contribution in [0.5, 0.6) is 0 Å². The molecule has 0 bridgehead atoms. The monoisotopic (exact) mass is 205 g/mol. The lowest BCUT2D eigenvalue weighted by atomic mass is 10.2. The summed E-state index contributed by atoms with van der Waals surface area (Å²) >= 11 is 0. The van der Waals surface area contributed by atoms with Gasteiger partial charge in [0.2, 0.25) is 0 Å². The van der Waals surface area contributed by atoms with E-state index in [1.165, 1.54) is 0 Å². The van der Waals surface area contributed by atoms with Crippen LogP contribution in [-0.4, -0.2) is 13.1 Å². The average Bonchev–Trinajstić information content (AvgIpc) is 2.01. The van der Waals surface area contributed by atoms with Gasteiger partial charge < -0.3 is 5.73 Å². The first kappa shape index (κ1) is 10.7. The van der Waals surface area contributed by atoms with Gasteiger partial charge in [-0.25, -0.2) is 4.98 Å². The summed E-state index contributed by atoms with van der Waals surface area (Å²) in [7, 11) is -1.50. The molecule has 4 heteroatoms. The molecule has 0 saturated heterocycles. The molecule has 0 aliphatic heterocycles. The summed E-state index contributed by atoms with van der Waals surface area (Å²) in [5, 5.41) is 10.1. The molecule has 0 aromatic carbocycles. The van der Waals surface area contributed by atoms with E-state index in [0.717, 1.165) is 10.9 Å². The Morgan fingerprint density at radius 3 is 2.43 bits per heavy atom. The Morgan fingerprint density at radius 2 is 2.00 bits per heavy atom. The molecule has 14 heavy (non-hydrogen) atoms. The van der Waals surface area contributed by atoms with Crippen molar-refractivity contribution in [2.45, 2.75) is 26.6 Å². The molecule has 0 atom stereocenters. The van der Waals surface area contributed by atoms with Crippen LogP contribution in [-0.2, 0) is 0 Å². The van der Waals surface area contributed by atoms with Crippen LogP contribution in [0.4, 0.5) is 5.82 Å². The summed E-state index contributed by atoms with van der Waals surface area (Å²) in [6, 6.07) is 4.13. The third-order valence-electron chi connectivity index (χ3n) is 2.10. The fraction of sp³-hybridized carbons (Fsp3) is 0.400. The first-order valence-electron chi connectivity index (χ1n) is 4.54. The second kappa shape index (κ2) is 3.43. The molecule has 0 amide bonds. The van der Waals surface area contributed by atoms with E-state index >= 15 is 0 Å². The molecule has 0 aliphatic carbocycles. The highest BCUT2D eigenvalue weighted by Gasteiger charge is 2.22. The van der Waals surface area contributed by atoms with Crippen molar-refractivity contribution < 1.29 is 0 Å². The number of rotatable bonds is 1. The third-order valence-corrected chi connectivity index (χ3v) is 4.11. The van der Waals surface area contributed by atoms with Gasteiger partial charge >= 0.3 is 0 Å². The molecule has 0 fully saturated rings. The highest BCUT2D eigenvalue weighted by molar-refractivity contribution is 6.89. The highest BCUT2D eigenvalue weighted by atomic mass is 28.3. The van der Waals surface area contributed by atoms with Gasteiger partial charge in [0.25, 0.3) is 0 Å². The first-order chi connectivity index (χ1) is 6.36. The molecule has 74 valence electrons. The SMILES string of the molecule is Cc1cc([Si](C)(C)C)c(C#N)c(N)n1. The standard InChI is InChI=1S/C10H15N3Si/c1-7-5-9(14(2,3)4)8(6-11)10(12)13-7/h5H,1-4H3,(H2,12,13). The van der Waals surface area contributed by atoms with Crippen LogP contribution < -0.4 is 10.9 Å². The minimum atomic E-state index is -1.50. The second-order valence-electron chi connectivity index (χ2n) is 4.43. The number of nitrogens with two attached hydrogens (primary N) is 1. The number of hydrogen-bond acceptors (Lipinski definition) is 3. The summed E-state index contributed by atoms with van der Waals surface area (Å²) in [5.41, 5.74) is 7.17. The van der Waals surface area contributed by atoms with Crippen molar-refractivity contribution in [3.63, 3.8) is 0 Å². The predicted molar refractivity (Wildman–Crippen MR) is 61.1 cm³/mol. The molecule has 3 nitrogen and oxygen atoms in total. The molecule has 0 spiro atoms. The molecule has 0 radical (unpaired) electrons. The molecule has 0 saturated carbocycles. The summed E-state index contributed by atoms with van der Waals surface area (Å²) in [6.45, 7) is 8.49. The van der Waals surface area contributed by atoms with E-state index in [2.05, 4.69) is 30.7 Å². The Kier molecular flexibility index (Phi) is 2.63. The van der Waals surface area contributed by atoms with Gasteiger partial charge in [0.05, 0.1) is 13.6 Å². The molecule has 1 aromatic heterocycles. The Hall–Kier alpha value is -1.34. The summed E-state index contributed by atoms with van der Waals surface area (Å²) in [6.07, 6.45) is 0. The van der Waals surface area contributed by atoms with E-state index < -0.39 is 8.07 Å². The predicted octanol–water partition coefficient (Wildman–Crippen LogP) is 1.39. The van der Waals surface area contributed by atoms with Crippen molar-refractivity contribution in [2.24, 2.45) is 0 Å². The summed E-state index contributed by atoms with van der Waals surface area (Å²) in [4.78, 5) is 4.10. The van der Waals surface area contributed by atoms with Crippen LogP contribution in [0.15, 0.2) is 6.07 Å². The Bertz CT molecular complexity index is 399. The third kappa shape index (κ3) is 1.94. The normalized spacial score (nSPS) is 11.1. The topological polar surface area (TPSA) is 62.7 Å². The van der Waals surface area contributed by atoms with Crippen molar-refractivity contribution in [1.82, 2.24) is 4.98 Å². The smallest absolute Gasteiger partial charge is 0.141 e. The van der Waals surface area contributed by atoms with Gasteiger partial charge in [-0.1, -0.05) is 19.6 Å². The van der Waals surface area contributed by atoms with Crippen LogP contribution in [0.3, 0.4) is 0 Å². The Morgan fingerprint density at radius 1 is 1.43 bits per heavy atom. The molecular weight excluding hydrogens is 190 g/mol. The number of anilines is 1. The molecule has 1 heterocycles. The molecule has 2 N–H and O–H groups in total. The molecule has 0 unspecified atom stereocenters. The average molecular weight is 205 g/mol. The first-order valence-corrected chi connectivity index (χ1v) is 8.04. The van der Waals surface area contributed by atoms with Crippen LogP contribution in [0.25, 0.3) is 0 Å². The lowest BCUT2D eigenvalue weighted by Crippen LogP contribution is -2.40. The number of aryl methyl sites for hydroxylation is 1. The Balaban J connectivity index is 3.50. The minimum Gasteiger partial charge on any atom is -0.383 e. The maximum absolute atomic E-state index is 9.01. The van der Waals surface area contributed by atoms with E-state index in [4.69, 9.17) is 11.0 Å². The van der Waals surface area contributed by atoms with Crippen LogP contribution in [0.1, 0.15) is 11.3 Å². The van der Waals surface area contributed by atoms with Gasteiger partial charge in [-0.2, -0.15) is 5.26 Å².